The number of carbonyl (C=O) groups is 1. The Balaban J connectivity index is 1.97. The van der Waals surface area contributed by atoms with Gasteiger partial charge in [-0.15, -0.1) is 0 Å². The van der Waals surface area contributed by atoms with Gasteiger partial charge in [-0.05, 0) is 50.6 Å². The van der Waals surface area contributed by atoms with Crippen LogP contribution in [0.3, 0.4) is 0 Å². The van der Waals surface area contributed by atoms with E-state index in [2.05, 4.69) is 4.98 Å². The van der Waals surface area contributed by atoms with Gasteiger partial charge in [0, 0.05) is 13.2 Å². The fourth-order valence-electron chi connectivity index (χ4n) is 2.80. The number of esters is 1. The minimum Gasteiger partial charge on any atom is -0.456 e. The van der Waals surface area contributed by atoms with Crippen molar-refractivity contribution >= 4 is 21.7 Å². The minimum absolute atomic E-state index is 0.0443. The number of sulfonamides is 1. The van der Waals surface area contributed by atoms with E-state index in [0.29, 0.717) is 11.3 Å². The van der Waals surface area contributed by atoms with Gasteiger partial charge in [0.1, 0.15) is 5.60 Å². The number of aryl methyl sites for hydroxylation is 1. The van der Waals surface area contributed by atoms with Crippen molar-refractivity contribution in [3.8, 4) is 0 Å². The molecule has 0 saturated heterocycles. The number of hydrogen-bond donors (Lipinski definition) is 0. The summed E-state index contributed by atoms with van der Waals surface area (Å²) in [6, 6.07) is 15.6. The number of aromatic nitrogens is 2. The number of ether oxygens (including phenoxy) is 1. The van der Waals surface area contributed by atoms with Crippen LogP contribution >= 0.6 is 0 Å². The molecule has 0 bridgehead atoms. The van der Waals surface area contributed by atoms with E-state index in [9.17, 15) is 13.2 Å². The highest BCUT2D eigenvalue weighted by Crippen LogP contribution is 2.26. The van der Waals surface area contributed by atoms with Gasteiger partial charge in [0.25, 0.3) is 10.0 Å². The summed E-state index contributed by atoms with van der Waals surface area (Å²) >= 11 is 0. The summed E-state index contributed by atoms with van der Waals surface area (Å²) in [4.78, 5) is 16.3. The molecule has 0 aliphatic rings. The van der Waals surface area contributed by atoms with Gasteiger partial charge in [0.2, 0.25) is 0 Å². The first-order valence-electron chi connectivity index (χ1n) is 9.44. The molecular formula is C22H25N3O4S. The van der Waals surface area contributed by atoms with Crippen LogP contribution < -0.4 is 4.31 Å². The molecule has 7 nitrogen and oxygen atoms in total. The van der Waals surface area contributed by atoms with Crippen molar-refractivity contribution in [2.45, 2.75) is 37.9 Å². The SMILES string of the molecule is Cn1cnc(S(=O)(=O)N(Cc2ccccc2)c2ccc(C(=O)OC(C)(C)C)cc2)c1. The Hall–Kier alpha value is -3.13. The Morgan fingerprint density at radius 1 is 1.07 bits per heavy atom. The molecule has 2 aromatic carbocycles. The molecule has 0 unspecified atom stereocenters. The zero-order valence-corrected chi connectivity index (χ0v) is 18.3. The lowest BCUT2D eigenvalue weighted by Crippen LogP contribution is -2.31. The van der Waals surface area contributed by atoms with Gasteiger partial charge >= 0.3 is 5.97 Å². The van der Waals surface area contributed by atoms with Crippen molar-refractivity contribution in [1.82, 2.24) is 9.55 Å². The third-order valence-corrected chi connectivity index (χ3v) is 5.85. The second-order valence-electron chi connectivity index (χ2n) is 7.92. The van der Waals surface area contributed by atoms with Crippen LogP contribution in [0.5, 0.6) is 0 Å². The number of benzene rings is 2. The van der Waals surface area contributed by atoms with Crippen molar-refractivity contribution in [2.75, 3.05) is 4.31 Å². The minimum atomic E-state index is -3.91. The normalized spacial score (nSPS) is 11.9. The molecule has 0 aliphatic heterocycles. The molecule has 0 atom stereocenters. The molecule has 0 amide bonds. The largest absolute Gasteiger partial charge is 0.456 e. The summed E-state index contributed by atoms with van der Waals surface area (Å²) in [5.74, 6) is -0.462. The van der Waals surface area contributed by atoms with E-state index < -0.39 is 21.6 Å². The zero-order valence-electron chi connectivity index (χ0n) is 17.4. The summed E-state index contributed by atoms with van der Waals surface area (Å²) in [6.07, 6.45) is 2.90. The van der Waals surface area contributed by atoms with Crippen molar-refractivity contribution in [3.05, 3.63) is 78.2 Å². The molecule has 1 aromatic heterocycles. The molecular weight excluding hydrogens is 402 g/mol. The highest BCUT2D eigenvalue weighted by Gasteiger charge is 2.28. The van der Waals surface area contributed by atoms with Gasteiger partial charge in [-0.25, -0.2) is 9.78 Å². The smallest absolute Gasteiger partial charge is 0.338 e. The molecule has 3 rings (SSSR count). The predicted octanol–water partition coefficient (Wildman–Crippen LogP) is 3.77. The maximum absolute atomic E-state index is 13.3. The van der Waals surface area contributed by atoms with Crippen LogP contribution in [-0.4, -0.2) is 29.5 Å². The van der Waals surface area contributed by atoms with Gasteiger partial charge in [-0.1, -0.05) is 30.3 Å². The highest BCUT2D eigenvalue weighted by atomic mass is 32.2. The van der Waals surface area contributed by atoms with Gasteiger partial charge in [-0.2, -0.15) is 8.42 Å². The van der Waals surface area contributed by atoms with E-state index in [0.717, 1.165) is 5.56 Å². The Morgan fingerprint density at radius 2 is 1.70 bits per heavy atom. The van der Waals surface area contributed by atoms with Crippen LogP contribution in [0.2, 0.25) is 0 Å². The van der Waals surface area contributed by atoms with Crippen LogP contribution in [-0.2, 0) is 28.4 Å². The van der Waals surface area contributed by atoms with Crippen molar-refractivity contribution in [3.63, 3.8) is 0 Å². The fourth-order valence-corrected chi connectivity index (χ4v) is 4.22. The Labute approximate surface area is 177 Å². The second-order valence-corrected chi connectivity index (χ2v) is 9.73. The molecule has 0 saturated carbocycles. The molecule has 8 heteroatoms. The third kappa shape index (κ3) is 5.07. The maximum atomic E-state index is 13.3. The summed E-state index contributed by atoms with van der Waals surface area (Å²) in [6.45, 7) is 5.51. The molecule has 0 aliphatic carbocycles. The van der Waals surface area contributed by atoms with Crippen LogP contribution in [0.25, 0.3) is 0 Å². The van der Waals surface area contributed by atoms with Crippen LogP contribution in [0.1, 0.15) is 36.7 Å². The van der Waals surface area contributed by atoms with Gasteiger partial charge in [0.15, 0.2) is 5.03 Å². The van der Waals surface area contributed by atoms with E-state index in [-0.39, 0.29) is 11.6 Å². The summed E-state index contributed by atoms with van der Waals surface area (Å²) in [5.41, 5.74) is 0.992. The van der Waals surface area contributed by atoms with Crippen molar-refractivity contribution in [1.29, 1.82) is 0 Å². The molecule has 0 N–H and O–H groups in total. The second kappa shape index (κ2) is 8.31. The van der Waals surface area contributed by atoms with E-state index in [4.69, 9.17) is 4.74 Å². The quantitative estimate of drug-likeness (QED) is 0.560. The standard InChI is InChI=1S/C22H25N3O4S/c1-22(2,3)29-21(26)18-10-12-19(13-11-18)25(14-17-8-6-5-7-9-17)30(27,28)20-15-24(4)16-23-20/h5-13,15-16H,14H2,1-4H3. The topological polar surface area (TPSA) is 81.5 Å². The van der Waals surface area contributed by atoms with Gasteiger partial charge in [-0.3, -0.25) is 4.31 Å². The number of rotatable bonds is 6. The fraction of sp³-hybridized carbons (Fsp3) is 0.273. The Kier molecular flexibility index (Phi) is 5.98. The molecule has 1 heterocycles. The number of carbonyl (C=O) groups excluding carboxylic acids is 1. The lowest BCUT2D eigenvalue weighted by atomic mass is 10.1. The molecule has 0 spiro atoms. The molecule has 3 aromatic rings. The van der Waals surface area contributed by atoms with E-state index in [1.807, 2.05) is 30.3 Å². The van der Waals surface area contributed by atoms with Crippen molar-refractivity contribution in [2.24, 2.45) is 7.05 Å². The summed E-state index contributed by atoms with van der Waals surface area (Å²) in [7, 11) is -2.20. The lowest BCUT2D eigenvalue weighted by molar-refractivity contribution is 0.00695. The molecule has 0 radical (unpaired) electrons. The average Bonchev–Trinajstić information content (AvgIpc) is 3.13. The third-order valence-electron chi connectivity index (χ3n) is 4.19. The summed E-state index contributed by atoms with van der Waals surface area (Å²) < 4.78 is 34.9. The Morgan fingerprint density at radius 3 is 2.23 bits per heavy atom. The van der Waals surface area contributed by atoms with E-state index in [1.54, 1.807) is 56.7 Å². The maximum Gasteiger partial charge on any atom is 0.338 e. The summed E-state index contributed by atoms with van der Waals surface area (Å²) in [5, 5.41) is -0.0443. The van der Waals surface area contributed by atoms with Crippen molar-refractivity contribution < 1.29 is 17.9 Å². The molecule has 158 valence electrons. The predicted molar refractivity (Wildman–Crippen MR) is 115 cm³/mol. The van der Waals surface area contributed by atoms with Crippen LogP contribution in [0.4, 0.5) is 5.69 Å². The number of nitrogens with zero attached hydrogens (tertiary/aromatic N) is 3. The lowest BCUT2D eigenvalue weighted by Gasteiger charge is -2.24. The molecule has 0 fully saturated rings. The average molecular weight is 428 g/mol. The van der Waals surface area contributed by atoms with E-state index >= 15 is 0 Å². The Bertz CT molecular complexity index is 1120. The zero-order chi connectivity index (χ0) is 21.9. The monoisotopic (exact) mass is 427 g/mol. The first kappa shape index (κ1) is 21.6. The van der Waals surface area contributed by atoms with Crippen LogP contribution in [0.15, 0.2) is 72.1 Å². The number of imidazole rings is 1. The number of hydrogen-bond acceptors (Lipinski definition) is 5. The van der Waals surface area contributed by atoms with E-state index in [1.165, 1.54) is 16.8 Å². The van der Waals surface area contributed by atoms with Crippen LogP contribution in [0, 0.1) is 0 Å². The number of anilines is 1. The first-order chi connectivity index (χ1) is 14.1. The molecule has 30 heavy (non-hydrogen) atoms. The highest BCUT2D eigenvalue weighted by molar-refractivity contribution is 7.92. The first-order valence-corrected chi connectivity index (χ1v) is 10.9. The van der Waals surface area contributed by atoms with Gasteiger partial charge < -0.3 is 9.30 Å². The van der Waals surface area contributed by atoms with Gasteiger partial charge in [0.05, 0.1) is 24.1 Å².